The van der Waals surface area contributed by atoms with E-state index in [0.717, 1.165) is 11.3 Å². The van der Waals surface area contributed by atoms with Gasteiger partial charge in [0.1, 0.15) is 11.6 Å². The van der Waals surface area contributed by atoms with Gasteiger partial charge in [-0.15, -0.1) is 5.10 Å². The molecule has 0 fully saturated rings. The lowest BCUT2D eigenvalue weighted by Crippen LogP contribution is -2.16. The number of ether oxygens (including phenoxy) is 1. The molecule has 1 aromatic heterocycles. The highest BCUT2D eigenvalue weighted by Crippen LogP contribution is 2.19. The quantitative estimate of drug-likeness (QED) is 0.755. The van der Waals surface area contributed by atoms with Crippen LogP contribution in [0.2, 0.25) is 0 Å². The van der Waals surface area contributed by atoms with Crippen LogP contribution in [-0.4, -0.2) is 28.2 Å². The summed E-state index contributed by atoms with van der Waals surface area (Å²) in [6.07, 6.45) is -0.0842. The van der Waals surface area contributed by atoms with E-state index in [4.69, 9.17) is 4.74 Å². The predicted octanol–water partition coefficient (Wildman–Crippen LogP) is 2.80. The maximum Gasteiger partial charge on any atom is 0.249 e. The molecule has 0 aliphatic carbocycles. The number of carbonyl (C=O) groups excluding carboxylic acids is 1. The van der Waals surface area contributed by atoms with Gasteiger partial charge in [-0.2, -0.15) is 4.98 Å². The standard InChI is InChI=1S/C17H15FN4O2/c1-24-13-8-6-11(7-9-13)16-20-17(22-21-16)19-15(23)10-12-4-2-3-5-14(12)18/h2-9H,10H2,1H3,(H2,19,20,21,22,23). The molecule has 7 heteroatoms. The molecule has 0 aliphatic rings. The van der Waals surface area contributed by atoms with Gasteiger partial charge in [0.15, 0.2) is 5.82 Å². The number of amides is 1. The van der Waals surface area contributed by atoms with Gasteiger partial charge in [0.05, 0.1) is 13.5 Å². The summed E-state index contributed by atoms with van der Waals surface area (Å²) in [6, 6.07) is 13.4. The fraction of sp³-hybridized carbons (Fsp3) is 0.118. The summed E-state index contributed by atoms with van der Waals surface area (Å²) >= 11 is 0. The molecule has 0 spiro atoms. The van der Waals surface area contributed by atoms with E-state index in [1.807, 2.05) is 12.1 Å². The van der Waals surface area contributed by atoms with E-state index in [0.29, 0.717) is 11.4 Å². The molecule has 1 heterocycles. The molecule has 0 unspecified atom stereocenters. The Hall–Kier alpha value is -3.22. The Balaban J connectivity index is 1.67. The van der Waals surface area contributed by atoms with E-state index in [1.165, 1.54) is 6.07 Å². The number of hydrogen-bond donors (Lipinski definition) is 2. The van der Waals surface area contributed by atoms with Gasteiger partial charge in [0.25, 0.3) is 0 Å². The average Bonchev–Trinajstić information content (AvgIpc) is 3.05. The van der Waals surface area contributed by atoms with Crippen LogP contribution in [0, 0.1) is 5.82 Å². The summed E-state index contributed by atoms with van der Waals surface area (Å²) < 4.78 is 18.6. The number of benzene rings is 2. The molecule has 0 aliphatic heterocycles. The molecule has 0 saturated heterocycles. The Kier molecular flexibility index (Phi) is 4.51. The molecule has 0 saturated carbocycles. The Labute approximate surface area is 137 Å². The van der Waals surface area contributed by atoms with Crippen LogP contribution < -0.4 is 10.1 Å². The summed E-state index contributed by atoms with van der Waals surface area (Å²) in [5, 5.41) is 9.24. The monoisotopic (exact) mass is 326 g/mol. The number of aromatic nitrogens is 3. The number of halogens is 1. The number of rotatable bonds is 5. The van der Waals surface area contributed by atoms with Gasteiger partial charge >= 0.3 is 0 Å². The van der Waals surface area contributed by atoms with Crippen LogP contribution in [0.5, 0.6) is 5.75 Å². The molecule has 24 heavy (non-hydrogen) atoms. The maximum absolute atomic E-state index is 13.5. The zero-order chi connectivity index (χ0) is 16.9. The number of aromatic amines is 1. The Bertz CT molecular complexity index is 846. The minimum Gasteiger partial charge on any atom is -0.497 e. The van der Waals surface area contributed by atoms with Crippen molar-refractivity contribution in [2.75, 3.05) is 12.4 Å². The van der Waals surface area contributed by atoms with Crippen molar-refractivity contribution < 1.29 is 13.9 Å². The van der Waals surface area contributed by atoms with Gasteiger partial charge in [-0.3, -0.25) is 15.2 Å². The number of nitrogens with zero attached hydrogens (tertiary/aromatic N) is 2. The second-order valence-corrected chi connectivity index (χ2v) is 5.05. The number of anilines is 1. The Morgan fingerprint density at radius 1 is 1.21 bits per heavy atom. The van der Waals surface area contributed by atoms with Crippen molar-refractivity contribution in [3.05, 3.63) is 59.9 Å². The maximum atomic E-state index is 13.5. The molecule has 2 aromatic carbocycles. The molecule has 122 valence electrons. The van der Waals surface area contributed by atoms with Crippen molar-refractivity contribution >= 4 is 11.9 Å². The van der Waals surface area contributed by atoms with Crippen molar-refractivity contribution in [3.63, 3.8) is 0 Å². The first-order chi connectivity index (χ1) is 11.7. The molecule has 0 bridgehead atoms. The minimum atomic E-state index is -0.415. The summed E-state index contributed by atoms with van der Waals surface area (Å²) in [5.74, 6) is 0.583. The van der Waals surface area contributed by atoms with Crippen LogP contribution in [0.25, 0.3) is 11.4 Å². The molecule has 0 atom stereocenters. The van der Waals surface area contributed by atoms with Crippen molar-refractivity contribution in [2.45, 2.75) is 6.42 Å². The van der Waals surface area contributed by atoms with Gasteiger partial charge in [-0.05, 0) is 35.9 Å². The molecule has 2 N–H and O–H groups in total. The first kappa shape index (κ1) is 15.7. The summed E-state index contributed by atoms with van der Waals surface area (Å²) in [4.78, 5) is 16.2. The third-order valence-electron chi connectivity index (χ3n) is 3.41. The molecule has 3 rings (SSSR count). The minimum absolute atomic E-state index is 0.0842. The Morgan fingerprint density at radius 2 is 1.96 bits per heavy atom. The largest absolute Gasteiger partial charge is 0.497 e. The second-order valence-electron chi connectivity index (χ2n) is 5.05. The molecule has 0 radical (unpaired) electrons. The highest BCUT2D eigenvalue weighted by molar-refractivity contribution is 5.90. The number of H-pyrrole nitrogens is 1. The third kappa shape index (κ3) is 3.57. The Morgan fingerprint density at radius 3 is 2.67 bits per heavy atom. The fourth-order valence-corrected chi connectivity index (χ4v) is 2.18. The van der Waals surface area contributed by atoms with E-state index < -0.39 is 5.82 Å². The van der Waals surface area contributed by atoms with E-state index in [1.54, 1.807) is 37.4 Å². The van der Waals surface area contributed by atoms with E-state index >= 15 is 0 Å². The van der Waals surface area contributed by atoms with Gasteiger partial charge < -0.3 is 4.74 Å². The third-order valence-corrected chi connectivity index (χ3v) is 3.41. The molecule has 3 aromatic rings. The van der Waals surface area contributed by atoms with Crippen molar-refractivity contribution in [2.24, 2.45) is 0 Å². The van der Waals surface area contributed by atoms with Crippen molar-refractivity contribution in [1.29, 1.82) is 0 Å². The number of nitrogens with one attached hydrogen (secondary N) is 2. The topological polar surface area (TPSA) is 79.9 Å². The number of methoxy groups -OCH3 is 1. The van der Waals surface area contributed by atoms with Gasteiger partial charge in [0, 0.05) is 5.56 Å². The lowest BCUT2D eigenvalue weighted by atomic mass is 10.1. The van der Waals surface area contributed by atoms with Crippen molar-refractivity contribution in [3.8, 4) is 17.1 Å². The molecule has 6 nitrogen and oxygen atoms in total. The highest BCUT2D eigenvalue weighted by atomic mass is 19.1. The number of hydrogen-bond acceptors (Lipinski definition) is 4. The average molecular weight is 326 g/mol. The van der Waals surface area contributed by atoms with Gasteiger partial charge in [-0.1, -0.05) is 18.2 Å². The van der Waals surface area contributed by atoms with E-state index in [2.05, 4.69) is 20.5 Å². The highest BCUT2D eigenvalue weighted by Gasteiger charge is 2.11. The van der Waals surface area contributed by atoms with Crippen LogP contribution in [0.15, 0.2) is 48.5 Å². The van der Waals surface area contributed by atoms with Crippen LogP contribution >= 0.6 is 0 Å². The van der Waals surface area contributed by atoms with Crippen LogP contribution in [0.4, 0.5) is 10.3 Å². The SMILES string of the molecule is COc1ccc(-c2nc(NC(=O)Cc3ccccc3F)n[nH]2)cc1. The van der Waals surface area contributed by atoms with E-state index in [-0.39, 0.29) is 18.3 Å². The first-order valence-corrected chi connectivity index (χ1v) is 7.26. The lowest BCUT2D eigenvalue weighted by molar-refractivity contribution is -0.115. The van der Waals surface area contributed by atoms with Crippen LogP contribution in [-0.2, 0) is 11.2 Å². The molecular formula is C17H15FN4O2. The van der Waals surface area contributed by atoms with Gasteiger partial charge in [-0.25, -0.2) is 4.39 Å². The fourth-order valence-electron chi connectivity index (χ4n) is 2.18. The van der Waals surface area contributed by atoms with Crippen LogP contribution in [0.3, 0.4) is 0 Å². The summed E-state index contributed by atoms with van der Waals surface area (Å²) in [5.41, 5.74) is 1.12. The second kappa shape index (κ2) is 6.91. The zero-order valence-corrected chi connectivity index (χ0v) is 12.9. The lowest BCUT2D eigenvalue weighted by Gasteiger charge is -2.02. The normalized spacial score (nSPS) is 10.4. The molecule has 1 amide bonds. The smallest absolute Gasteiger partial charge is 0.249 e. The summed E-state index contributed by atoms with van der Waals surface area (Å²) in [7, 11) is 1.59. The molecular weight excluding hydrogens is 311 g/mol. The number of carbonyl (C=O) groups is 1. The van der Waals surface area contributed by atoms with Crippen molar-refractivity contribution in [1.82, 2.24) is 15.2 Å². The predicted molar refractivity (Wildman–Crippen MR) is 87.1 cm³/mol. The zero-order valence-electron chi connectivity index (χ0n) is 12.9. The summed E-state index contributed by atoms with van der Waals surface area (Å²) in [6.45, 7) is 0. The first-order valence-electron chi connectivity index (χ1n) is 7.26. The van der Waals surface area contributed by atoms with Crippen LogP contribution in [0.1, 0.15) is 5.56 Å². The van der Waals surface area contributed by atoms with E-state index in [9.17, 15) is 9.18 Å². The van der Waals surface area contributed by atoms with Gasteiger partial charge in [0.2, 0.25) is 11.9 Å².